The fourth-order valence-corrected chi connectivity index (χ4v) is 3.20. The topological polar surface area (TPSA) is 25.8 Å². The van der Waals surface area contributed by atoms with Crippen molar-refractivity contribution in [1.29, 1.82) is 0 Å². The van der Waals surface area contributed by atoms with Crippen LogP contribution in [0.4, 0.5) is 4.39 Å². The molecule has 1 aliphatic carbocycles. The first-order chi connectivity index (χ1) is 10.1. The van der Waals surface area contributed by atoms with E-state index in [1.165, 1.54) is 12.5 Å². The van der Waals surface area contributed by atoms with Gasteiger partial charge in [0.1, 0.15) is 16.8 Å². The maximum absolute atomic E-state index is 14.0. The number of aromatic nitrogens is 2. The van der Waals surface area contributed by atoms with E-state index in [0.29, 0.717) is 23.0 Å². The van der Waals surface area contributed by atoms with Crippen molar-refractivity contribution in [3.05, 3.63) is 56.8 Å². The van der Waals surface area contributed by atoms with Gasteiger partial charge in [-0.2, -0.15) is 0 Å². The Kier molecular flexibility index (Phi) is 4.41. The molecule has 0 amide bonds. The molecule has 0 N–H and O–H groups in total. The zero-order valence-electron chi connectivity index (χ0n) is 11.5. The molecule has 2 nitrogen and oxygen atoms in total. The summed E-state index contributed by atoms with van der Waals surface area (Å²) in [7, 11) is 0. The van der Waals surface area contributed by atoms with Crippen molar-refractivity contribution in [1.82, 2.24) is 9.97 Å². The average Bonchev–Trinajstić information content (AvgIpc) is 2.70. The second-order valence-electron chi connectivity index (χ2n) is 5.31. The summed E-state index contributed by atoms with van der Waals surface area (Å²) in [6.07, 6.45) is 5.58. The van der Waals surface area contributed by atoms with E-state index in [9.17, 15) is 4.39 Å². The predicted octanol–water partition coefficient (Wildman–Crippen LogP) is 4.78. The summed E-state index contributed by atoms with van der Waals surface area (Å²) >= 11 is 12.1. The Morgan fingerprint density at radius 3 is 2.71 bits per heavy atom. The van der Waals surface area contributed by atoms with Crippen molar-refractivity contribution in [2.75, 3.05) is 0 Å². The molecule has 110 valence electrons. The Labute approximate surface area is 133 Å². The molecular formula is C16H15Cl2FN2. The second kappa shape index (κ2) is 6.29. The van der Waals surface area contributed by atoms with Gasteiger partial charge in [-0.3, -0.25) is 0 Å². The molecule has 0 saturated heterocycles. The zero-order chi connectivity index (χ0) is 14.8. The molecule has 0 aliphatic heterocycles. The minimum Gasteiger partial charge on any atom is -0.237 e. The van der Waals surface area contributed by atoms with Crippen LogP contribution in [0.25, 0.3) is 0 Å². The summed E-state index contributed by atoms with van der Waals surface area (Å²) in [4.78, 5) is 8.93. The van der Waals surface area contributed by atoms with Gasteiger partial charge in [0.2, 0.25) is 0 Å². The van der Waals surface area contributed by atoms with Crippen LogP contribution >= 0.6 is 23.2 Å². The molecule has 1 heterocycles. The lowest BCUT2D eigenvalue weighted by Gasteiger charge is -2.10. The standard InChI is InChI=1S/C16H15Cl2FN2/c17-12-7-4-5-10(15(12)19)9-14-20-13-8-3-1-2-6-11(13)16(18)21-14/h4-5,7H,1-3,6,8-9H2. The molecule has 0 bridgehead atoms. The van der Waals surface area contributed by atoms with Gasteiger partial charge in [-0.1, -0.05) is 41.8 Å². The first-order valence-electron chi connectivity index (χ1n) is 7.12. The van der Waals surface area contributed by atoms with E-state index in [-0.39, 0.29) is 5.02 Å². The van der Waals surface area contributed by atoms with Gasteiger partial charge >= 0.3 is 0 Å². The molecule has 0 saturated carbocycles. The molecule has 0 spiro atoms. The van der Waals surface area contributed by atoms with E-state index in [1.807, 2.05) is 0 Å². The van der Waals surface area contributed by atoms with Crippen LogP contribution in [0.1, 0.15) is 41.9 Å². The lowest BCUT2D eigenvalue weighted by Crippen LogP contribution is -2.06. The van der Waals surface area contributed by atoms with Crippen LogP contribution in [-0.4, -0.2) is 9.97 Å². The molecule has 1 aromatic heterocycles. The SMILES string of the molecule is Fc1c(Cl)cccc1Cc1nc(Cl)c2c(n1)CCCCC2. The highest BCUT2D eigenvalue weighted by molar-refractivity contribution is 6.30. The highest BCUT2D eigenvalue weighted by Crippen LogP contribution is 2.26. The van der Waals surface area contributed by atoms with Crippen molar-refractivity contribution in [3.63, 3.8) is 0 Å². The van der Waals surface area contributed by atoms with Crippen molar-refractivity contribution in [2.24, 2.45) is 0 Å². The molecule has 3 rings (SSSR count). The van der Waals surface area contributed by atoms with Crippen molar-refractivity contribution in [2.45, 2.75) is 38.5 Å². The number of halogens is 3. The summed E-state index contributed by atoms with van der Waals surface area (Å²) in [5, 5.41) is 0.632. The Bertz CT molecular complexity index is 674. The molecule has 1 aliphatic rings. The second-order valence-corrected chi connectivity index (χ2v) is 6.07. The van der Waals surface area contributed by atoms with Crippen LogP contribution in [0.15, 0.2) is 18.2 Å². The molecule has 5 heteroatoms. The number of fused-ring (bicyclic) bond motifs is 1. The Balaban J connectivity index is 1.94. The third-order valence-corrected chi connectivity index (χ3v) is 4.41. The van der Waals surface area contributed by atoms with Gasteiger partial charge in [-0.15, -0.1) is 0 Å². The van der Waals surface area contributed by atoms with E-state index in [1.54, 1.807) is 12.1 Å². The summed E-state index contributed by atoms with van der Waals surface area (Å²) in [5.74, 6) is 0.149. The van der Waals surface area contributed by atoms with E-state index in [4.69, 9.17) is 23.2 Å². The molecule has 2 aromatic rings. The van der Waals surface area contributed by atoms with Gasteiger partial charge in [0.25, 0.3) is 0 Å². The molecule has 21 heavy (non-hydrogen) atoms. The molecule has 0 fully saturated rings. The Hall–Kier alpha value is -1.19. The van der Waals surface area contributed by atoms with Gasteiger partial charge < -0.3 is 0 Å². The van der Waals surface area contributed by atoms with Crippen LogP contribution in [0.5, 0.6) is 0 Å². The average molecular weight is 325 g/mol. The number of hydrogen-bond donors (Lipinski definition) is 0. The van der Waals surface area contributed by atoms with Gasteiger partial charge in [-0.05, 0) is 37.3 Å². The van der Waals surface area contributed by atoms with Crippen LogP contribution in [0, 0.1) is 5.82 Å². The van der Waals surface area contributed by atoms with E-state index in [0.717, 1.165) is 36.9 Å². The number of nitrogens with zero attached hydrogens (tertiary/aromatic N) is 2. The lowest BCUT2D eigenvalue weighted by atomic mass is 10.1. The predicted molar refractivity (Wildman–Crippen MR) is 82.5 cm³/mol. The Morgan fingerprint density at radius 1 is 1.05 bits per heavy atom. The maximum Gasteiger partial charge on any atom is 0.145 e. The summed E-state index contributed by atoms with van der Waals surface area (Å²) in [6, 6.07) is 4.96. The molecule has 1 aromatic carbocycles. The monoisotopic (exact) mass is 324 g/mol. The fourth-order valence-electron chi connectivity index (χ4n) is 2.71. The smallest absolute Gasteiger partial charge is 0.145 e. The molecule has 0 atom stereocenters. The molecule has 0 radical (unpaired) electrons. The first-order valence-corrected chi connectivity index (χ1v) is 7.88. The third-order valence-electron chi connectivity index (χ3n) is 3.81. The summed E-state index contributed by atoms with van der Waals surface area (Å²) < 4.78 is 14.0. The quantitative estimate of drug-likeness (QED) is 0.586. The van der Waals surface area contributed by atoms with Crippen molar-refractivity contribution in [3.8, 4) is 0 Å². The van der Waals surface area contributed by atoms with Crippen LogP contribution < -0.4 is 0 Å². The number of rotatable bonds is 2. The van der Waals surface area contributed by atoms with E-state index < -0.39 is 5.82 Å². The normalized spacial score (nSPS) is 14.6. The summed E-state index contributed by atoms with van der Waals surface area (Å²) in [6.45, 7) is 0. The largest absolute Gasteiger partial charge is 0.237 e. The van der Waals surface area contributed by atoms with Gasteiger partial charge in [0.05, 0.1) is 5.02 Å². The van der Waals surface area contributed by atoms with Crippen LogP contribution in [-0.2, 0) is 19.3 Å². The lowest BCUT2D eigenvalue weighted by molar-refractivity contribution is 0.612. The zero-order valence-corrected chi connectivity index (χ0v) is 13.0. The van der Waals surface area contributed by atoms with E-state index in [2.05, 4.69) is 9.97 Å². The highest BCUT2D eigenvalue weighted by atomic mass is 35.5. The van der Waals surface area contributed by atoms with E-state index >= 15 is 0 Å². The molecular weight excluding hydrogens is 310 g/mol. The maximum atomic E-state index is 14.0. The number of benzene rings is 1. The Morgan fingerprint density at radius 2 is 1.86 bits per heavy atom. The molecule has 0 unspecified atom stereocenters. The fraction of sp³-hybridized carbons (Fsp3) is 0.375. The first kappa shape index (κ1) is 14.7. The van der Waals surface area contributed by atoms with Crippen molar-refractivity contribution >= 4 is 23.2 Å². The van der Waals surface area contributed by atoms with Crippen LogP contribution in [0.3, 0.4) is 0 Å². The minimum absolute atomic E-state index is 0.119. The van der Waals surface area contributed by atoms with Crippen molar-refractivity contribution < 1.29 is 4.39 Å². The highest BCUT2D eigenvalue weighted by Gasteiger charge is 2.17. The van der Waals surface area contributed by atoms with Crippen LogP contribution in [0.2, 0.25) is 10.2 Å². The van der Waals surface area contributed by atoms with Gasteiger partial charge in [-0.25, -0.2) is 14.4 Å². The third kappa shape index (κ3) is 3.19. The number of hydrogen-bond acceptors (Lipinski definition) is 2. The van der Waals surface area contributed by atoms with Gasteiger partial charge in [0.15, 0.2) is 0 Å². The number of aryl methyl sites for hydroxylation is 1. The summed E-state index contributed by atoms with van der Waals surface area (Å²) in [5.41, 5.74) is 2.57. The minimum atomic E-state index is -0.408. The van der Waals surface area contributed by atoms with Gasteiger partial charge in [0, 0.05) is 17.7 Å².